The lowest BCUT2D eigenvalue weighted by atomic mass is 10.1. The van der Waals surface area contributed by atoms with Crippen LogP contribution in [0.1, 0.15) is 24.0 Å². The van der Waals surface area contributed by atoms with Gasteiger partial charge in [-0.2, -0.15) is 0 Å². The Labute approximate surface area is 144 Å². The molecule has 120 valence electrons. The zero-order valence-electron chi connectivity index (χ0n) is 12.6. The van der Waals surface area contributed by atoms with Crippen LogP contribution < -0.4 is 9.04 Å². The molecule has 1 saturated carbocycles. The normalized spacial score (nSPS) is 19.7. The average Bonchev–Trinajstić information content (AvgIpc) is 3.33. The molecule has 1 fully saturated rings. The second-order valence-corrected chi connectivity index (χ2v) is 9.10. The summed E-state index contributed by atoms with van der Waals surface area (Å²) in [5, 5.41) is 0. The van der Waals surface area contributed by atoms with Crippen LogP contribution in [0.3, 0.4) is 0 Å². The summed E-state index contributed by atoms with van der Waals surface area (Å²) in [7, 11) is -1.75. The number of hydrogen-bond acceptors (Lipinski definition) is 3. The number of anilines is 1. The average molecular weight is 394 g/mol. The van der Waals surface area contributed by atoms with Crippen molar-refractivity contribution in [2.24, 2.45) is 0 Å². The van der Waals surface area contributed by atoms with Gasteiger partial charge in [0.2, 0.25) is 10.0 Å². The van der Waals surface area contributed by atoms with Crippen LogP contribution in [0, 0.1) is 0 Å². The van der Waals surface area contributed by atoms with Crippen molar-refractivity contribution >= 4 is 31.6 Å². The molecule has 1 aliphatic carbocycles. The van der Waals surface area contributed by atoms with E-state index >= 15 is 0 Å². The first-order valence-corrected chi connectivity index (χ1v) is 9.66. The van der Waals surface area contributed by atoms with E-state index in [1.807, 2.05) is 42.5 Å². The smallest absolute Gasteiger partial charge is 0.245 e. The van der Waals surface area contributed by atoms with Crippen LogP contribution in [0.4, 0.5) is 5.69 Å². The van der Waals surface area contributed by atoms with Crippen LogP contribution in [0.5, 0.6) is 5.75 Å². The first-order valence-electron chi connectivity index (χ1n) is 7.43. The van der Waals surface area contributed by atoms with Crippen LogP contribution >= 0.6 is 15.9 Å². The Morgan fingerprint density at radius 3 is 2.48 bits per heavy atom. The summed E-state index contributed by atoms with van der Waals surface area (Å²) in [6, 6.07) is 13.3. The maximum atomic E-state index is 13.1. The summed E-state index contributed by atoms with van der Waals surface area (Å²) in [5.74, 6) is 0.765. The van der Waals surface area contributed by atoms with Crippen LogP contribution in [0.25, 0.3) is 0 Å². The molecule has 1 spiro atoms. The lowest BCUT2D eigenvalue weighted by Crippen LogP contribution is -2.31. The largest absolute Gasteiger partial charge is 0.497 e. The van der Waals surface area contributed by atoms with E-state index in [0.29, 0.717) is 19.4 Å². The third-order valence-electron chi connectivity index (χ3n) is 4.69. The molecular formula is C17H16BrNO3S. The van der Waals surface area contributed by atoms with Gasteiger partial charge in [0, 0.05) is 10.0 Å². The lowest BCUT2D eigenvalue weighted by Gasteiger charge is -2.20. The fourth-order valence-corrected chi connectivity index (χ4v) is 5.86. The first kappa shape index (κ1) is 15.0. The molecule has 0 saturated heterocycles. The van der Waals surface area contributed by atoms with E-state index in [1.54, 1.807) is 11.4 Å². The molecule has 0 atom stereocenters. The predicted molar refractivity (Wildman–Crippen MR) is 93.2 cm³/mol. The summed E-state index contributed by atoms with van der Waals surface area (Å²) in [5.41, 5.74) is 2.68. The van der Waals surface area contributed by atoms with Crippen molar-refractivity contribution in [3.63, 3.8) is 0 Å². The van der Waals surface area contributed by atoms with Gasteiger partial charge in [0.05, 0.1) is 19.3 Å². The molecule has 1 aliphatic heterocycles. The number of methoxy groups -OCH3 is 1. The molecule has 0 amide bonds. The number of fused-ring (bicyclic) bond motifs is 2. The number of rotatable bonds is 3. The van der Waals surface area contributed by atoms with E-state index < -0.39 is 14.8 Å². The summed E-state index contributed by atoms with van der Waals surface area (Å²) in [6.45, 7) is 0.350. The Balaban J connectivity index is 1.76. The minimum absolute atomic E-state index is 0.350. The van der Waals surface area contributed by atoms with Gasteiger partial charge >= 0.3 is 0 Å². The van der Waals surface area contributed by atoms with E-state index in [-0.39, 0.29) is 0 Å². The Kier molecular flexibility index (Phi) is 3.25. The summed E-state index contributed by atoms with van der Waals surface area (Å²) in [6.07, 6.45) is 1.41. The zero-order valence-corrected chi connectivity index (χ0v) is 15.0. The molecule has 0 N–H and O–H groups in total. The van der Waals surface area contributed by atoms with Crippen molar-refractivity contribution < 1.29 is 13.2 Å². The zero-order chi connectivity index (χ0) is 16.2. The van der Waals surface area contributed by atoms with E-state index in [2.05, 4.69) is 15.9 Å². The molecule has 4 rings (SSSR count). The second kappa shape index (κ2) is 4.98. The third-order valence-corrected chi connectivity index (χ3v) is 7.71. The molecule has 2 aromatic carbocycles. The molecule has 0 bridgehead atoms. The Bertz CT molecular complexity index is 873. The van der Waals surface area contributed by atoms with Crippen LogP contribution in [0.2, 0.25) is 0 Å². The maximum absolute atomic E-state index is 13.1. The molecule has 23 heavy (non-hydrogen) atoms. The summed E-state index contributed by atoms with van der Waals surface area (Å²) < 4.78 is 33.1. The van der Waals surface area contributed by atoms with Crippen LogP contribution in [0.15, 0.2) is 46.9 Å². The summed E-state index contributed by atoms with van der Waals surface area (Å²) in [4.78, 5) is 0. The van der Waals surface area contributed by atoms with Crippen LogP contribution in [-0.2, 0) is 21.3 Å². The van der Waals surface area contributed by atoms with E-state index in [1.165, 1.54) is 0 Å². The number of halogens is 1. The highest BCUT2D eigenvalue weighted by molar-refractivity contribution is 9.10. The van der Waals surface area contributed by atoms with Gasteiger partial charge in [0.1, 0.15) is 10.5 Å². The van der Waals surface area contributed by atoms with E-state index in [9.17, 15) is 8.42 Å². The molecule has 0 radical (unpaired) electrons. The van der Waals surface area contributed by atoms with Gasteiger partial charge in [0.25, 0.3) is 0 Å². The standard InChI is InChI=1S/C17H16BrNO3S/c1-22-14-5-2-12(3-6-14)11-19-16-7-4-13(18)10-15(16)17(8-9-17)23(19,20)21/h2-7,10H,8-9,11H2,1H3. The predicted octanol–water partition coefficient (Wildman–Crippen LogP) is 3.80. The van der Waals surface area contributed by atoms with Gasteiger partial charge in [-0.3, -0.25) is 4.31 Å². The van der Waals surface area contributed by atoms with Crippen LogP contribution in [-0.4, -0.2) is 15.5 Å². The highest BCUT2D eigenvalue weighted by Crippen LogP contribution is 2.62. The lowest BCUT2D eigenvalue weighted by molar-refractivity contribution is 0.414. The fourth-order valence-electron chi connectivity index (χ4n) is 3.28. The summed E-state index contributed by atoms with van der Waals surface area (Å²) >= 11 is 3.46. The number of sulfonamides is 1. The first-order chi connectivity index (χ1) is 11.0. The van der Waals surface area contributed by atoms with Crippen molar-refractivity contribution in [1.29, 1.82) is 0 Å². The Hall–Kier alpha value is -1.53. The van der Waals surface area contributed by atoms with Gasteiger partial charge in [-0.25, -0.2) is 8.42 Å². The number of ether oxygens (including phenoxy) is 1. The molecule has 0 unspecified atom stereocenters. The SMILES string of the molecule is COc1ccc(CN2c3ccc(Br)cc3C3(CC3)S2(=O)=O)cc1. The van der Waals surface area contributed by atoms with Crippen molar-refractivity contribution in [2.45, 2.75) is 24.1 Å². The van der Waals surface area contributed by atoms with Gasteiger partial charge in [0.15, 0.2) is 0 Å². The van der Waals surface area contributed by atoms with Crippen molar-refractivity contribution in [2.75, 3.05) is 11.4 Å². The van der Waals surface area contributed by atoms with Gasteiger partial charge in [-0.05, 0) is 48.7 Å². The molecule has 2 aromatic rings. The highest BCUT2D eigenvalue weighted by Gasteiger charge is 2.63. The molecule has 2 aliphatic rings. The quantitative estimate of drug-likeness (QED) is 0.796. The number of nitrogens with zero attached hydrogens (tertiary/aromatic N) is 1. The van der Waals surface area contributed by atoms with E-state index in [0.717, 1.165) is 27.0 Å². The molecule has 4 nitrogen and oxygen atoms in total. The van der Waals surface area contributed by atoms with Gasteiger partial charge < -0.3 is 4.74 Å². The Morgan fingerprint density at radius 2 is 1.87 bits per heavy atom. The molecular weight excluding hydrogens is 378 g/mol. The second-order valence-electron chi connectivity index (χ2n) is 6.02. The maximum Gasteiger partial charge on any atom is 0.245 e. The Morgan fingerprint density at radius 1 is 1.17 bits per heavy atom. The number of benzene rings is 2. The number of hydrogen-bond donors (Lipinski definition) is 0. The fraction of sp³-hybridized carbons (Fsp3) is 0.294. The van der Waals surface area contributed by atoms with Gasteiger partial charge in [-0.15, -0.1) is 0 Å². The molecule has 1 heterocycles. The molecule has 0 aromatic heterocycles. The minimum atomic E-state index is -3.36. The van der Waals surface area contributed by atoms with Crippen molar-refractivity contribution in [3.8, 4) is 5.75 Å². The van der Waals surface area contributed by atoms with Gasteiger partial charge in [-0.1, -0.05) is 28.1 Å². The molecule has 6 heteroatoms. The minimum Gasteiger partial charge on any atom is -0.497 e. The van der Waals surface area contributed by atoms with E-state index in [4.69, 9.17) is 4.74 Å². The topological polar surface area (TPSA) is 46.6 Å². The monoisotopic (exact) mass is 393 g/mol. The van der Waals surface area contributed by atoms with Crippen molar-refractivity contribution in [3.05, 3.63) is 58.1 Å². The van der Waals surface area contributed by atoms with Crippen molar-refractivity contribution in [1.82, 2.24) is 0 Å². The highest BCUT2D eigenvalue weighted by atomic mass is 79.9. The third kappa shape index (κ3) is 2.11.